The predicted molar refractivity (Wildman–Crippen MR) is 117 cm³/mol. The number of aryl methyl sites for hydroxylation is 1. The van der Waals surface area contributed by atoms with Gasteiger partial charge in [-0.3, -0.25) is 0 Å². The van der Waals surface area contributed by atoms with Gasteiger partial charge in [-0.05, 0) is 56.2 Å². The van der Waals surface area contributed by atoms with E-state index in [-0.39, 0.29) is 6.03 Å². The van der Waals surface area contributed by atoms with E-state index in [2.05, 4.69) is 33.0 Å². The van der Waals surface area contributed by atoms with E-state index >= 15 is 0 Å². The summed E-state index contributed by atoms with van der Waals surface area (Å²) in [5.74, 6) is 0. The number of benzene rings is 2. The number of amides is 2. The first-order chi connectivity index (χ1) is 14.6. The first-order valence-electron chi connectivity index (χ1n) is 9.87. The highest BCUT2D eigenvalue weighted by molar-refractivity contribution is 5.90. The van der Waals surface area contributed by atoms with Crippen molar-refractivity contribution >= 4 is 11.7 Å². The predicted octanol–water partition coefficient (Wildman–Crippen LogP) is 4.04. The van der Waals surface area contributed by atoms with Gasteiger partial charge in [0.05, 0.1) is 28.5 Å². The lowest BCUT2D eigenvalue weighted by Crippen LogP contribution is -2.30. The van der Waals surface area contributed by atoms with E-state index in [9.17, 15) is 4.79 Å². The minimum Gasteiger partial charge on any atom is -0.338 e. The van der Waals surface area contributed by atoms with E-state index in [1.807, 2.05) is 77.9 Å². The van der Waals surface area contributed by atoms with Crippen molar-refractivity contribution in [3.05, 3.63) is 90.0 Å². The highest BCUT2D eigenvalue weighted by Gasteiger charge is 2.14. The summed E-state index contributed by atoms with van der Waals surface area (Å²) >= 11 is 0. The highest BCUT2D eigenvalue weighted by atomic mass is 16.2. The van der Waals surface area contributed by atoms with Crippen LogP contribution < -0.4 is 10.6 Å². The largest absolute Gasteiger partial charge is 0.338 e. The van der Waals surface area contributed by atoms with Crippen LogP contribution in [0.3, 0.4) is 0 Å². The molecule has 0 aliphatic heterocycles. The standard InChI is InChI=1S/C23H24N6O/c1-17-22(18(2)29(27-17)21-7-4-3-5-8-21)26-23(30)24-15-13-19-9-11-20(12-10-19)28-16-6-14-25-28/h3-12,14,16H,13,15H2,1-2H3,(H2,24,26,30). The molecule has 4 rings (SSSR count). The molecule has 0 unspecified atom stereocenters. The van der Waals surface area contributed by atoms with Crippen LogP contribution in [0.15, 0.2) is 73.1 Å². The Hall–Kier alpha value is -3.87. The van der Waals surface area contributed by atoms with Crippen molar-refractivity contribution in [3.8, 4) is 11.4 Å². The Kier molecular flexibility index (Phi) is 5.61. The van der Waals surface area contributed by atoms with Crippen LogP contribution in [0, 0.1) is 13.8 Å². The summed E-state index contributed by atoms with van der Waals surface area (Å²) in [4.78, 5) is 12.4. The normalized spacial score (nSPS) is 10.7. The molecular formula is C23H24N6O. The zero-order valence-electron chi connectivity index (χ0n) is 17.0. The number of carbonyl (C=O) groups excluding carboxylic acids is 1. The van der Waals surface area contributed by atoms with Gasteiger partial charge in [0.1, 0.15) is 0 Å². The molecule has 0 spiro atoms. The molecule has 2 aromatic heterocycles. The number of aromatic nitrogens is 4. The Morgan fingerprint density at radius 3 is 2.43 bits per heavy atom. The second kappa shape index (κ2) is 8.65. The second-order valence-corrected chi connectivity index (χ2v) is 7.04. The number of anilines is 1. The average Bonchev–Trinajstić information content (AvgIpc) is 3.39. The molecule has 0 aliphatic carbocycles. The number of urea groups is 1. The fraction of sp³-hybridized carbons (Fsp3) is 0.174. The fourth-order valence-electron chi connectivity index (χ4n) is 3.36. The molecule has 152 valence electrons. The van der Waals surface area contributed by atoms with Crippen molar-refractivity contribution < 1.29 is 4.79 Å². The van der Waals surface area contributed by atoms with Crippen LogP contribution >= 0.6 is 0 Å². The second-order valence-electron chi connectivity index (χ2n) is 7.04. The van der Waals surface area contributed by atoms with Gasteiger partial charge in [0.15, 0.2) is 0 Å². The molecule has 0 saturated heterocycles. The number of hydrogen-bond donors (Lipinski definition) is 2. The van der Waals surface area contributed by atoms with Gasteiger partial charge in [0.25, 0.3) is 0 Å². The number of carbonyl (C=O) groups is 1. The minimum absolute atomic E-state index is 0.234. The molecule has 2 aromatic carbocycles. The van der Waals surface area contributed by atoms with Crippen molar-refractivity contribution in [2.24, 2.45) is 0 Å². The molecule has 7 heteroatoms. The van der Waals surface area contributed by atoms with Crippen molar-refractivity contribution in [2.45, 2.75) is 20.3 Å². The van der Waals surface area contributed by atoms with Gasteiger partial charge >= 0.3 is 6.03 Å². The van der Waals surface area contributed by atoms with E-state index in [0.717, 1.165) is 40.4 Å². The Bertz CT molecular complexity index is 1110. The first-order valence-corrected chi connectivity index (χ1v) is 9.87. The SMILES string of the molecule is Cc1nn(-c2ccccc2)c(C)c1NC(=O)NCCc1ccc(-n2cccn2)cc1. The molecule has 0 aliphatic rings. The summed E-state index contributed by atoms with van der Waals surface area (Å²) < 4.78 is 3.65. The van der Waals surface area contributed by atoms with Crippen molar-refractivity contribution in [3.63, 3.8) is 0 Å². The van der Waals surface area contributed by atoms with Crippen LogP contribution in [0.2, 0.25) is 0 Å². The van der Waals surface area contributed by atoms with Crippen LogP contribution in [0.5, 0.6) is 0 Å². The Morgan fingerprint density at radius 2 is 1.73 bits per heavy atom. The van der Waals surface area contributed by atoms with Gasteiger partial charge in [-0.2, -0.15) is 10.2 Å². The molecule has 2 heterocycles. The third kappa shape index (κ3) is 4.25. The van der Waals surface area contributed by atoms with Gasteiger partial charge in [0.2, 0.25) is 0 Å². The summed E-state index contributed by atoms with van der Waals surface area (Å²) in [6.07, 6.45) is 4.41. The van der Waals surface area contributed by atoms with Gasteiger partial charge in [0, 0.05) is 18.9 Å². The van der Waals surface area contributed by atoms with Gasteiger partial charge in [-0.1, -0.05) is 30.3 Å². The maximum atomic E-state index is 12.4. The van der Waals surface area contributed by atoms with Gasteiger partial charge in [-0.25, -0.2) is 14.2 Å². The lowest BCUT2D eigenvalue weighted by Gasteiger charge is -2.09. The number of nitrogens with one attached hydrogen (secondary N) is 2. The summed E-state index contributed by atoms with van der Waals surface area (Å²) in [5, 5.41) is 14.6. The maximum absolute atomic E-state index is 12.4. The quantitative estimate of drug-likeness (QED) is 0.513. The summed E-state index contributed by atoms with van der Waals surface area (Å²) in [5.41, 5.74) is 5.53. The number of rotatable bonds is 6. The topological polar surface area (TPSA) is 76.8 Å². The molecule has 4 aromatic rings. The summed E-state index contributed by atoms with van der Waals surface area (Å²) in [6, 6.07) is 19.7. The lowest BCUT2D eigenvalue weighted by atomic mass is 10.1. The van der Waals surface area contributed by atoms with Crippen molar-refractivity contribution in [1.29, 1.82) is 0 Å². The van der Waals surface area contributed by atoms with Crippen molar-refractivity contribution in [2.75, 3.05) is 11.9 Å². The minimum atomic E-state index is -0.234. The van der Waals surface area contributed by atoms with Crippen LogP contribution in [-0.2, 0) is 6.42 Å². The number of nitrogens with zero attached hydrogens (tertiary/aromatic N) is 4. The molecular weight excluding hydrogens is 376 g/mol. The molecule has 0 fully saturated rings. The molecule has 7 nitrogen and oxygen atoms in total. The van der Waals surface area contributed by atoms with Crippen molar-refractivity contribution in [1.82, 2.24) is 24.9 Å². The monoisotopic (exact) mass is 400 g/mol. The van der Waals surface area contributed by atoms with Crippen LogP contribution in [0.1, 0.15) is 17.0 Å². The van der Waals surface area contributed by atoms with E-state index < -0.39 is 0 Å². The van der Waals surface area contributed by atoms with E-state index in [1.54, 1.807) is 6.20 Å². The zero-order chi connectivity index (χ0) is 20.9. The van der Waals surface area contributed by atoms with Crippen LogP contribution in [0.4, 0.5) is 10.5 Å². The van der Waals surface area contributed by atoms with E-state index in [4.69, 9.17) is 0 Å². The van der Waals surface area contributed by atoms with Gasteiger partial charge < -0.3 is 10.6 Å². The molecule has 30 heavy (non-hydrogen) atoms. The Balaban J connectivity index is 1.33. The smallest absolute Gasteiger partial charge is 0.319 e. The zero-order valence-corrected chi connectivity index (χ0v) is 17.0. The first kappa shape index (κ1) is 19.4. The maximum Gasteiger partial charge on any atom is 0.319 e. The number of para-hydroxylation sites is 1. The number of hydrogen-bond acceptors (Lipinski definition) is 3. The average molecular weight is 400 g/mol. The van der Waals surface area contributed by atoms with Gasteiger partial charge in [-0.15, -0.1) is 0 Å². The molecule has 0 radical (unpaired) electrons. The Labute approximate surface area is 175 Å². The molecule has 0 atom stereocenters. The summed E-state index contributed by atoms with van der Waals surface area (Å²) in [7, 11) is 0. The molecule has 2 N–H and O–H groups in total. The third-order valence-corrected chi connectivity index (χ3v) is 4.94. The van der Waals surface area contributed by atoms with E-state index in [0.29, 0.717) is 6.54 Å². The molecule has 2 amide bonds. The molecule has 0 bridgehead atoms. The molecule has 0 saturated carbocycles. The Morgan fingerprint density at radius 1 is 0.967 bits per heavy atom. The van der Waals surface area contributed by atoms with Crippen LogP contribution in [-0.4, -0.2) is 32.1 Å². The van der Waals surface area contributed by atoms with E-state index in [1.165, 1.54) is 0 Å². The lowest BCUT2D eigenvalue weighted by molar-refractivity contribution is 0.252. The third-order valence-electron chi connectivity index (χ3n) is 4.94. The highest BCUT2D eigenvalue weighted by Crippen LogP contribution is 2.22. The summed E-state index contributed by atoms with van der Waals surface area (Å²) in [6.45, 7) is 4.38. The van der Waals surface area contributed by atoms with Crippen LogP contribution in [0.25, 0.3) is 11.4 Å². The fourth-order valence-corrected chi connectivity index (χ4v) is 3.36.